The first-order valence-electron chi connectivity index (χ1n) is 12.6. The van der Waals surface area contributed by atoms with Crippen molar-refractivity contribution >= 4 is 16.7 Å². The van der Waals surface area contributed by atoms with Gasteiger partial charge in [0.05, 0.1) is 18.7 Å². The number of hydrogen-bond donors (Lipinski definition) is 2. The molecule has 1 aliphatic heterocycles. The lowest BCUT2D eigenvalue weighted by Gasteiger charge is -2.37. The van der Waals surface area contributed by atoms with Crippen LogP contribution in [-0.2, 0) is 32.3 Å². The van der Waals surface area contributed by atoms with Gasteiger partial charge in [0.25, 0.3) is 5.92 Å². The molecule has 1 aliphatic rings. The lowest BCUT2D eigenvalue weighted by atomic mass is 9.84. The maximum atomic E-state index is 14.7. The van der Waals surface area contributed by atoms with E-state index in [1.54, 1.807) is 27.2 Å². The zero-order chi connectivity index (χ0) is 27.5. The Kier molecular flexibility index (Phi) is 8.46. The first-order chi connectivity index (χ1) is 18.2. The Hall–Kier alpha value is -2.92. The largest absolute Gasteiger partial charge is 0.496 e. The molecule has 0 aliphatic carbocycles. The Balaban J connectivity index is 1.81. The van der Waals surface area contributed by atoms with E-state index < -0.39 is 18.1 Å². The molecule has 0 bridgehead atoms. The molecule has 1 atom stereocenters. The number of aliphatic hydroxyl groups is 1. The molecule has 2 aromatic carbocycles. The lowest BCUT2D eigenvalue weighted by Crippen LogP contribution is -2.36. The molecule has 1 aromatic heterocycles. The van der Waals surface area contributed by atoms with Crippen molar-refractivity contribution in [2.24, 2.45) is 0 Å². The smallest absolute Gasteiger partial charge is 0.296 e. The molecule has 3 aromatic rings. The lowest BCUT2D eigenvalue weighted by molar-refractivity contribution is -0.0956. The van der Waals surface area contributed by atoms with Gasteiger partial charge >= 0.3 is 0 Å². The Bertz CT molecular complexity index is 1280. The van der Waals surface area contributed by atoms with Crippen LogP contribution in [0.5, 0.6) is 5.75 Å². The van der Waals surface area contributed by atoms with Gasteiger partial charge in [0, 0.05) is 62.9 Å². The summed E-state index contributed by atoms with van der Waals surface area (Å²) in [7, 11) is 4.53. The number of aliphatic hydroxyl groups excluding tert-OH is 1. The van der Waals surface area contributed by atoms with E-state index in [0.717, 1.165) is 5.56 Å². The van der Waals surface area contributed by atoms with Crippen LogP contribution >= 0.6 is 0 Å². The van der Waals surface area contributed by atoms with Gasteiger partial charge in [-0.05, 0) is 31.0 Å². The number of fused-ring (bicyclic) bond motifs is 1. The number of anilines is 1. The minimum atomic E-state index is -3.12. The second kappa shape index (κ2) is 11.4. The molecular formula is C28H35F2N3O5. The number of rotatable bonds is 10. The van der Waals surface area contributed by atoms with Gasteiger partial charge in [-0.2, -0.15) is 8.78 Å². The fourth-order valence-electron chi connectivity index (χ4n) is 5.26. The van der Waals surface area contributed by atoms with E-state index in [1.165, 1.54) is 13.2 Å². The zero-order valence-corrected chi connectivity index (χ0v) is 22.4. The summed E-state index contributed by atoms with van der Waals surface area (Å²) in [5.41, 5.74) is 1.92. The van der Waals surface area contributed by atoms with Gasteiger partial charge in [-0.1, -0.05) is 18.2 Å². The number of nitrogens with one attached hydrogen (secondary N) is 1. The quantitative estimate of drug-likeness (QED) is 0.377. The third-order valence-electron chi connectivity index (χ3n) is 7.30. The van der Waals surface area contributed by atoms with Gasteiger partial charge in [0.2, 0.25) is 0 Å². The summed E-state index contributed by atoms with van der Waals surface area (Å²) in [5.74, 6) is -1.80. The SMILES string of the molecule is COCC(F)(F)c1cccc([C@@H](C)Nc2nc(CO)nc3cc(OC)c(C4(OC)CCOCC4)cc23)c1C. The fraction of sp³-hybridized carbons (Fsp3) is 0.500. The van der Waals surface area contributed by atoms with Crippen molar-refractivity contribution in [2.75, 3.05) is 46.5 Å². The minimum absolute atomic E-state index is 0.0809. The molecule has 206 valence electrons. The monoisotopic (exact) mass is 531 g/mol. The Labute approximate surface area is 221 Å². The van der Waals surface area contributed by atoms with E-state index in [-0.39, 0.29) is 24.0 Å². The molecule has 1 fully saturated rings. The highest BCUT2D eigenvalue weighted by Crippen LogP contribution is 2.43. The highest BCUT2D eigenvalue weighted by molar-refractivity contribution is 5.91. The summed E-state index contributed by atoms with van der Waals surface area (Å²) in [6.07, 6.45) is 1.31. The molecule has 0 spiro atoms. The third-order valence-corrected chi connectivity index (χ3v) is 7.30. The predicted molar refractivity (Wildman–Crippen MR) is 140 cm³/mol. The summed E-state index contributed by atoms with van der Waals surface area (Å²) in [6, 6.07) is 8.23. The standard InChI is InChI=1S/C28H35F2N3O5/c1-17-19(7-6-8-21(17)28(29,30)16-35-3)18(2)31-26-20-13-22(27(37-5)9-11-38-12-10-27)24(36-4)14-23(20)32-25(15-34)33-26/h6-8,13-14,18,34H,9-12,15-16H2,1-5H3,(H,31,32,33)/t18-/m1/s1. The average molecular weight is 532 g/mol. The second-order valence-electron chi connectivity index (χ2n) is 9.55. The normalized spacial score (nSPS) is 16.4. The van der Waals surface area contributed by atoms with Gasteiger partial charge in [0.15, 0.2) is 5.82 Å². The molecule has 0 radical (unpaired) electrons. The van der Waals surface area contributed by atoms with Crippen LogP contribution in [0.25, 0.3) is 10.9 Å². The van der Waals surface area contributed by atoms with Crippen LogP contribution in [0.4, 0.5) is 14.6 Å². The number of nitrogens with zero attached hydrogens (tertiary/aromatic N) is 2. The van der Waals surface area contributed by atoms with E-state index in [0.29, 0.717) is 59.7 Å². The van der Waals surface area contributed by atoms with Gasteiger partial charge < -0.3 is 29.4 Å². The van der Waals surface area contributed by atoms with E-state index in [1.807, 2.05) is 25.1 Å². The summed E-state index contributed by atoms with van der Waals surface area (Å²) in [5, 5.41) is 13.9. The Morgan fingerprint density at radius 2 is 1.89 bits per heavy atom. The second-order valence-corrected chi connectivity index (χ2v) is 9.55. The Morgan fingerprint density at radius 3 is 2.53 bits per heavy atom. The molecule has 0 saturated carbocycles. The number of ether oxygens (including phenoxy) is 4. The molecule has 0 unspecified atom stereocenters. The predicted octanol–water partition coefficient (Wildman–Crippen LogP) is 5.00. The van der Waals surface area contributed by atoms with E-state index >= 15 is 0 Å². The molecule has 2 N–H and O–H groups in total. The van der Waals surface area contributed by atoms with E-state index in [4.69, 9.17) is 18.9 Å². The van der Waals surface area contributed by atoms with Crippen LogP contribution in [0.15, 0.2) is 30.3 Å². The highest BCUT2D eigenvalue weighted by Gasteiger charge is 2.38. The topological polar surface area (TPSA) is 95.0 Å². The number of hydrogen-bond acceptors (Lipinski definition) is 8. The van der Waals surface area contributed by atoms with Crippen molar-refractivity contribution < 1.29 is 32.8 Å². The molecule has 2 heterocycles. The summed E-state index contributed by atoms with van der Waals surface area (Å²) >= 11 is 0. The van der Waals surface area contributed by atoms with Crippen molar-refractivity contribution in [1.82, 2.24) is 9.97 Å². The van der Waals surface area contributed by atoms with Gasteiger partial charge in [-0.3, -0.25) is 0 Å². The summed E-state index contributed by atoms with van der Waals surface area (Å²) < 4.78 is 51.5. The van der Waals surface area contributed by atoms with Crippen molar-refractivity contribution in [3.05, 3.63) is 58.4 Å². The average Bonchev–Trinajstić information content (AvgIpc) is 2.92. The first-order valence-corrected chi connectivity index (χ1v) is 12.6. The van der Waals surface area contributed by atoms with Crippen LogP contribution in [-0.4, -0.2) is 56.2 Å². The molecule has 4 rings (SSSR count). The van der Waals surface area contributed by atoms with Crippen LogP contribution in [0.3, 0.4) is 0 Å². The van der Waals surface area contributed by atoms with Crippen molar-refractivity contribution in [2.45, 2.75) is 50.9 Å². The molecule has 10 heteroatoms. The van der Waals surface area contributed by atoms with E-state index in [9.17, 15) is 13.9 Å². The minimum Gasteiger partial charge on any atom is -0.496 e. The van der Waals surface area contributed by atoms with Crippen molar-refractivity contribution in [3.63, 3.8) is 0 Å². The van der Waals surface area contributed by atoms with E-state index in [2.05, 4.69) is 15.3 Å². The van der Waals surface area contributed by atoms with Crippen LogP contribution in [0, 0.1) is 6.92 Å². The number of aromatic nitrogens is 2. The zero-order valence-electron chi connectivity index (χ0n) is 22.4. The number of benzene rings is 2. The number of methoxy groups -OCH3 is 3. The molecule has 0 amide bonds. The van der Waals surface area contributed by atoms with Gasteiger partial charge in [-0.15, -0.1) is 0 Å². The number of halogens is 2. The molecule has 8 nitrogen and oxygen atoms in total. The first kappa shape index (κ1) is 28.1. The van der Waals surface area contributed by atoms with Crippen molar-refractivity contribution in [3.8, 4) is 5.75 Å². The van der Waals surface area contributed by atoms with Crippen LogP contribution in [0.2, 0.25) is 0 Å². The molecular weight excluding hydrogens is 496 g/mol. The Morgan fingerprint density at radius 1 is 1.16 bits per heavy atom. The maximum Gasteiger partial charge on any atom is 0.296 e. The summed E-state index contributed by atoms with van der Waals surface area (Å²) in [6.45, 7) is 3.61. The van der Waals surface area contributed by atoms with Crippen molar-refractivity contribution in [1.29, 1.82) is 0 Å². The maximum absolute atomic E-state index is 14.7. The van der Waals surface area contributed by atoms with Crippen LogP contribution in [0.1, 0.15) is 53.9 Å². The molecule has 38 heavy (non-hydrogen) atoms. The van der Waals surface area contributed by atoms with Gasteiger partial charge in [-0.25, -0.2) is 9.97 Å². The molecule has 1 saturated heterocycles. The highest BCUT2D eigenvalue weighted by atomic mass is 19.3. The fourth-order valence-corrected chi connectivity index (χ4v) is 5.26. The van der Waals surface area contributed by atoms with Crippen LogP contribution < -0.4 is 10.1 Å². The third kappa shape index (κ3) is 5.31. The summed E-state index contributed by atoms with van der Waals surface area (Å²) in [4.78, 5) is 9.06. The number of alkyl halides is 2. The van der Waals surface area contributed by atoms with Gasteiger partial charge in [0.1, 0.15) is 30.4 Å².